The molecule has 0 bridgehead atoms. The number of aryl methyl sites for hydroxylation is 1. The average molecular weight is 469 g/mol. The van der Waals surface area contributed by atoms with Crippen LogP contribution in [0.1, 0.15) is 56.6 Å². The van der Waals surface area contributed by atoms with Gasteiger partial charge >= 0.3 is 0 Å². The number of carbonyl (C=O) groups is 1. The Hall–Kier alpha value is -3.85. The molecule has 2 aromatic carbocycles. The van der Waals surface area contributed by atoms with E-state index < -0.39 is 0 Å². The van der Waals surface area contributed by atoms with E-state index >= 15 is 0 Å². The van der Waals surface area contributed by atoms with Crippen molar-refractivity contribution in [3.8, 4) is 28.8 Å². The second kappa shape index (κ2) is 11.5. The largest absolute Gasteiger partial charge is 0.493 e. The molecule has 4 rings (SSSR count). The van der Waals surface area contributed by atoms with Crippen molar-refractivity contribution >= 4 is 12.0 Å². The van der Waals surface area contributed by atoms with Crippen molar-refractivity contribution in [2.45, 2.75) is 58.4 Å². The zero-order valence-electron chi connectivity index (χ0n) is 20.5. The van der Waals surface area contributed by atoms with E-state index in [9.17, 15) is 10.1 Å². The zero-order chi connectivity index (χ0) is 24.6. The lowest BCUT2D eigenvalue weighted by atomic mass is 9.95. The van der Waals surface area contributed by atoms with E-state index in [1.807, 2.05) is 61.7 Å². The Morgan fingerprint density at radius 2 is 1.97 bits per heavy atom. The highest BCUT2D eigenvalue weighted by molar-refractivity contribution is 6.02. The van der Waals surface area contributed by atoms with Crippen LogP contribution in [0.2, 0.25) is 0 Å². The fourth-order valence-corrected chi connectivity index (χ4v) is 4.42. The predicted molar refractivity (Wildman–Crippen MR) is 138 cm³/mol. The van der Waals surface area contributed by atoms with Crippen molar-refractivity contribution < 1.29 is 9.53 Å². The molecule has 1 N–H and O–H groups in total. The lowest BCUT2D eigenvalue weighted by Crippen LogP contribution is -2.36. The molecule has 1 aromatic heterocycles. The molecule has 0 radical (unpaired) electrons. The monoisotopic (exact) mass is 468 g/mol. The zero-order valence-corrected chi connectivity index (χ0v) is 20.5. The molecular weight excluding hydrogens is 436 g/mol. The molecule has 1 heterocycles. The molecule has 6 heteroatoms. The molecule has 1 aliphatic rings. The quantitative estimate of drug-likeness (QED) is 0.325. The molecule has 1 aliphatic carbocycles. The topological polar surface area (TPSA) is 79.9 Å². The molecule has 1 amide bonds. The molecular formula is C29H32N4O2. The van der Waals surface area contributed by atoms with Crippen molar-refractivity contribution in [2.24, 2.45) is 0 Å². The maximum Gasteiger partial charge on any atom is 0.262 e. The predicted octanol–water partition coefficient (Wildman–Crippen LogP) is 5.99. The fourth-order valence-electron chi connectivity index (χ4n) is 4.42. The van der Waals surface area contributed by atoms with Gasteiger partial charge in [0.25, 0.3) is 5.91 Å². The molecule has 3 aromatic rings. The summed E-state index contributed by atoms with van der Waals surface area (Å²) in [7, 11) is 0. The second-order valence-electron chi connectivity index (χ2n) is 9.02. The van der Waals surface area contributed by atoms with Crippen LogP contribution in [0, 0.1) is 18.3 Å². The van der Waals surface area contributed by atoms with E-state index in [1.165, 1.54) is 6.42 Å². The number of nitrogens with one attached hydrogen (secondary N) is 1. The summed E-state index contributed by atoms with van der Waals surface area (Å²) < 4.78 is 7.62. The van der Waals surface area contributed by atoms with Gasteiger partial charge in [0.15, 0.2) is 0 Å². The molecule has 35 heavy (non-hydrogen) atoms. The Bertz CT molecular complexity index is 1230. The minimum absolute atomic E-state index is 0.0871. The van der Waals surface area contributed by atoms with Crippen LogP contribution in [0.15, 0.2) is 60.3 Å². The first kappa shape index (κ1) is 24.3. The molecule has 180 valence electrons. The van der Waals surface area contributed by atoms with Gasteiger partial charge in [0.2, 0.25) is 0 Å². The minimum Gasteiger partial charge on any atom is -0.493 e. The highest BCUT2D eigenvalue weighted by Gasteiger charge is 2.20. The summed E-state index contributed by atoms with van der Waals surface area (Å²) in [5.74, 6) is 0.525. The van der Waals surface area contributed by atoms with Crippen molar-refractivity contribution in [1.82, 2.24) is 15.1 Å². The highest BCUT2D eigenvalue weighted by Crippen LogP contribution is 2.30. The van der Waals surface area contributed by atoms with Crippen molar-refractivity contribution in [3.63, 3.8) is 0 Å². The minimum atomic E-state index is -0.322. The smallest absolute Gasteiger partial charge is 0.262 e. The van der Waals surface area contributed by atoms with Gasteiger partial charge in [-0.2, -0.15) is 10.4 Å². The van der Waals surface area contributed by atoms with Crippen LogP contribution < -0.4 is 10.1 Å². The van der Waals surface area contributed by atoms with Gasteiger partial charge in [-0.3, -0.25) is 4.79 Å². The number of rotatable bonds is 8. The summed E-state index contributed by atoms with van der Waals surface area (Å²) in [6.45, 7) is 4.75. The Kier molecular flexibility index (Phi) is 7.99. The molecule has 0 saturated heterocycles. The van der Waals surface area contributed by atoms with Crippen LogP contribution in [0.25, 0.3) is 23.0 Å². The van der Waals surface area contributed by atoms with Crippen molar-refractivity contribution in [3.05, 3.63) is 71.4 Å². The van der Waals surface area contributed by atoms with Gasteiger partial charge in [0, 0.05) is 23.4 Å². The summed E-state index contributed by atoms with van der Waals surface area (Å²) in [5, 5.41) is 17.7. The maximum absolute atomic E-state index is 12.9. The summed E-state index contributed by atoms with van der Waals surface area (Å²) in [6, 6.07) is 18.0. The normalized spacial score (nSPS) is 14.4. The number of amides is 1. The SMILES string of the molecule is CCCOc1ccc(-c2nn(-c3ccccc3)cc2C=C(C#N)C(=O)NC2CCCCC2)cc1C. The van der Waals surface area contributed by atoms with E-state index in [4.69, 9.17) is 9.84 Å². The Labute approximate surface area is 207 Å². The number of ether oxygens (including phenoxy) is 1. The molecule has 0 atom stereocenters. The van der Waals surface area contributed by atoms with E-state index in [0.29, 0.717) is 17.9 Å². The number of hydrogen-bond acceptors (Lipinski definition) is 4. The van der Waals surface area contributed by atoms with Crippen LogP contribution in [-0.2, 0) is 4.79 Å². The van der Waals surface area contributed by atoms with Gasteiger partial charge in [-0.1, -0.05) is 44.4 Å². The molecule has 6 nitrogen and oxygen atoms in total. The summed E-state index contributed by atoms with van der Waals surface area (Å²) in [6.07, 6.45) is 9.82. The van der Waals surface area contributed by atoms with Gasteiger partial charge in [0.05, 0.1) is 12.3 Å². The standard InChI is InChI=1S/C29H32N4O2/c1-3-16-35-27-15-14-22(17-21(27)2)28-24(20-33(32-28)26-12-8-5-9-13-26)18-23(19-30)29(34)31-25-10-6-4-7-11-25/h5,8-9,12-15,17-18,20,25H,3-4,6-7,10-11,16H2,1-2H3,(H,31,34). The second-order valence-corrected chi connectivity index (χ2v) is 9.02. The van der Waals surface area contributed by atoms with Gasteiger partial charge in [0.1, 0.15) is 23.1 Å². The van der Waals surface area contributed by atoms with E-state index in [1.54, 1.807) is 10.8 Å². The maximum atomic E-state index is 12.9. The molecule has 0 unspecified atom stereocenters. The summed E-state index contributed by atoms with van der Waals surface area (Å²) in [5.41, 5.74) is 4.32. The lowest BCUT2D eigenvalue weighted by Gasteiger charge is -2.22. The number of nitriles is 1. The average Bonchev–Trinajstić information content (AvgIpc) is 3.31. The number of aromatic nitrogens is 2. The Morgan fingerprint density at radius 1 is 1.20 bits per heavy atom. The third-order valence-electron chi connectivity index (χ3n) is 6.28. The number of benzene rings is 2. The van der Waals surface area contributed by atoms with Gasteiger partial charge in [-0.15, -0.1) is 0 Å². The Balaban J connectivity index is 1.71. The highest BCUT2D eigenvalue weighted by atomic mass is 16.5. The van der Waals surface area contributed by atoms with Crippen LogP contribution in [-0.4, -0.2) is 28.3 Å². The first-order chi connectivity index (χ1) is 17.1. The van der Waals surface area contributed by atoms with Crippen LogP contribution >= 0.6 is 0 Å². The van der Waals surface area contributed by atoms with E-state index in [2.05, 4.69) is 18.3 Å². The number of hydrogen-bond donors (Lipinski definition) is 1. The molecule has 1 fully saturated rings. The van der Waals surface area contributed by atoms with Gasteiger partial charge in [-0.25, -0.2) is 4.68 Å². The molecule has 0 spiro atoms. The van der Waals surface area contributed by atoms with Crippen LogP contribution in [0.4, 0.5) is 0 Å². The third kappa shape index (κ3) is 5.99. The fraction of sp³-hybridized carbons (Fsp3) is 0.345. The van der Waals surface area contributed by atoms with E-state index in [-0.39, 0.29) is 17.5 Å². The van der Waals surface area contributed by atoms with Crippen LogP contribution in [0.3, 0.4) is 0 Å². The van der Waals surface area contributed by atoms with Gasteiger partial charge < -0.3 is 10.1 Å². The number of carbonyl (C=O) groups excluding carboxylic acids is 1. The number of para-hydroxylation sites is 1. The first-order valence-electron chi connectivity index (χ1n) is 12.4. The number of nitrogens with zero attached hydrogens (tertiary/aromatic N) is 3. The molecule has 0 aliphatic heterocycles. The summed E-state index contributed by atoms with van der Waals surface area (Å²) >= 11 is 0. The van der Waals surface area contributed by atoms with E-state index in [0.717, 1.165) is 54.7 Å². The first-order valence-corrected chi connectivity index (χ1v) is 12.4. The summed E-state index contributed by atoms with van der Waals surface area (Å²) in [4.78, 5) is 12.9. The van der Waals surface area contributed by atoms with Crippen molar-refractivity contribution in [1.29, 1.82) is 5.26 Å². The van der Waals surface area contributed by atoms with Crippen LogP contribution in [0.5, 0.6) is 5.75 Å². The van der Waals surface area contributed by atoms with Crippen molar-refractivity contribution in [2.75, 3.05) is 6.61 Å². The van der Waals surface area contributed by atoms with Gasteiger partial charge in [-0.05, 0) is 68.2 Å². The third-order valence-corrected chi connectivity index (χ3v) is 6.28. The Morgan fingerprint density at radius 3 is 2.66 bits per heavy atom. The molecule has 1 saturated carbocycles. The lowest BCUT2D eigenvalue weighted by molar-refractivity contribution is -0.117.